The SMILES string of the molecule is COc1ccc(OC)c(C(C)NCc2cc(C)cc(I)c2)c1. The molecule has 0 fully saturated rings. The second-order valence-corrected chi connectivity index (χ2v) is 6.59. The van der Waals surface area contributed by atoms with Gasteiger partial charge in [0.15, 0.2) is 0 Å². The summed E-state index contributed by atoms with van der Waals surface area (Å²) in [6.07, 6.45) is 0. The first-order valence-electron chi connectivity index (χ1n) is 7.25. The van der Waals surface area contributed by atoms with E-state index in [-0.39, 0.29) is 6.04 Å². The number of ether oxygens (including phenoxy) is 2. The Labute approximate surface area is 146 Å². The summed E-state index contributed by atoms with van der Waals surface area (Å²) in [4.78, 5) is 0. The number of aryl methyl sites for hydroxylation is 1. The van der Waals surface area contributed by atoms with Gasteiger partial charge in [-0.2, -0.15) is 0 Å². The highest BCUT2D eigenvalue weighted by molar-refractivity contribution is 14.1. The highest BCUT2D eigenvalue weighted by Gasteiger charge is 2.12. The van der Waals surface area contributed by atoms with E-state index in [1.165, 1.54) is 14.7 Å². The molecule has 118 valence electrons. The average Bonchev–Trinajstić information content (AvgIpc) is 2.51. The fourth-order valence-corrected chi connectivity index (χ4v) is 3.36. The first-order valence-corrected chi connectivity index (χ1v) is 8.32. The quantitative estimate of drug-likeness (QED) is 0.712. The highest BCUT2D eigenvalue weighted by atomic mass is 127. The van der Waals surface area contributed by atoms with E-state index in [9.17, 15) is 0 Å². The van der Waals surface area contributed by atoms with Gasteiger partial charge in [-0.3, -0.25) is 0 Å². The Morgan fingerprint density at radius 3 is 2.50 bits per heavy atom. The van der Waals surface area contributed by atoms with Crippen LogP contribution in [0.15, 0.2) is 36.4 Å². The molecule has 2 rings (SSSR count). The minimum Gasteiger partial charge on any atom is -0.497 e. The van der Waals surface area contributed by atoms with E-state index in [0.717, 1.165) is 23.6 Å². The third kappa shape index (κ3) is 4.36. The molecule has 2 aromatic rings. The summed E-state index contributed by atoms with van der Waals surface area (Å²) >= 11 is 2.36. The van der Waals surface area contributed by atoms with Crippen LogP contribution in [0.25, 0.3) is 0 Å². The highest BCUT2D eigenvalue weighted by Crippen LogP contribution is 2.29. The van der Waals surface area contributed by atoms with Gasteiger partial charge >= 0.3 is 0 Å². The van der Waals surface area contributed by atoms with Gasteiger partial charge in [-0.25, -0.2) is 0 Å². The van der Waals surface area contributed by atoms with E-state index < -0.39 is 0 Å². The molecule has 1 N–H and O–H groups in total. The number of halogens is 1. The fraction of sp³-hybridized carbons (Fsp3) is 0.333. The fourth-order valence-electron chi connectivity index (χ4n) is 2.47. The van der Waals surface area contributed by atoms with Crippen LogP contribution in [0.1, 0.15) is 29.7 Å². The van der Waals surface area contributed by atoms with Gasteiger partial charge in [-0.05, 0) is 77.9 Å². The maximum Gasteiger partial charge on any atom is 0.123 e. The van der Waals surface area contributed by atoms with Gasteiger partial charge < -0.3 is 14.8 Å². The molecule has 0 aliphatic carbocycles. The molecule has 0 radical (unpaired) electrons. The molecule has 1 unspecified atom stereocenters. The van der Waals surface area contributed by atoms with Crippen LogP contribution in [0.4, 0.5) is 0 Å². The monoisotopic (exact) mass is 411 g/mol. The number of hydrogen-bond donors (Lipinski definition) is 1. The summed E-state index contributed by atoms with van der Waals surface area (Å²) in [6.45, 7) is 5.08. The standard InChI is InChI=1S/C18H22INO2/c1-12-7-14(9-15(19)8-12)11-20-13(2)17-10-16(21-3)5-6-18(17)22-4/h5-10,13,20H,11H2,1-4H3. The van der Waals surface area contributed by atoms with Crippen molar-refractivity contribution in [2.75, 3.05) is 14.2 Å². The van der Waals surface area contributed by atoms with E-state index in [1.54, 1.807) is 14.2 Å². The van der Waals surface area contributed by atoms with E-state index in [1.807, 2.05) is 18.2 Å². The van der Waals surface area contributed by atoms with Crippen LogP contribution in [0.5, 0.6) is 11.5 Å². The van der Waals surface area contributed by atoms with Crippen molar-refractivity contribution in [3.8, 4) is 11.5 Å². The Balaban J connectivity index is 2.13. The van der Waals surface area contributed by atoms with Gasteiger partial charge in [0.1, 0.15) is 11.5 Å². The zero-order valence-electron chi connectivity index (χ0n) is 13.4. The van der Waals surface area contributed by atoms with Crippen LogP contribution >= 0.6 is 22.6 Å². The van der Waals surface area contributed by atoms with Crippen LogP contribution in [-0.4, -0.2) is 14.2 Å². The first-order chi connectivity index (χ1) is 10.5. The second kappa shape index (κ2) is 7.83. The Bertz CT molecular complexity index is 623. The lowest BCUT2D eigenvalue weighted by Crippen LogP contribution is -2.19. The molecule has 4 heteroatoms. The van der Waals surface area contributed by atoms with Crippen molar-refractivity contribution < 1.29 is 9.47 Å². The molecule has 0 aliphatic rings. The zero-order valence-corrected chi connectivity index (χ0v) is 15.6. The summed E-state index contributed by atoms with van der Waals surface area (Å²) < 4.78 is 12.0. The Kier molecular flexibility index (Phi) is 6.08. The van der Waals surface area contributed by atoms with Gasteiger partial charge in [-0.1, -0.05) is 6.07 Å². The molecule has 0 saturated heterocycles. The first kappa shape index (κ1) is 17.1. The smallest absolute Gasteiger partial charge is 0.123 e. The van der Waals surface area contributed by atoms with Gasteiger partial charge in [0.2, 0.25) is 0 Å². The van der Waals surface area contributed by atoms with Crippen molar-refractivity contribution in [1.29, 1.82) is 0 Å². The summed E-state index contributed by atoms with van der Waals surface area (Å²) in [5.41, 5.74) is 3.68. The summed E-state index contributed by atoms with van der Waals surface area (Å²) in [5.74, 6) is 1.72. The van der Waals surface area contributed by atoms with Crippen molar-refractivity contribution in [2.24, 2.45) is 0 Å². The zero-order chi connectivity index (χ0) is 16.1. The van der Waals surface area contributed by atoms with Crippen molar-refractivity contribution in [3.05, 3.63) is 56.7 Å². The number of nitrogens with one attached hydrogen (secondary N) is 1. The molecule has 3 nitrogen and oxygen atoms in total. The van der Waals surface area contributed by atoms with Crippen LogP contribution in [-0.2, 0) is 6.54 Å². The van der Waals surface area contributed by atoms with Gasteiger partial charge in [-0.15, -0.1) is 0 Å². The van der Waals surface area contributed by atoms with Crippen LogP contribution in [0.2, 0.25) is 0 Å². The van der Waals surface area contributed by atoms with E-state index in [2.05, 4.69) is 60.0 Å². The largest absolute Gasteiger partial charge is 0.497 e. The molecule has 0 heterocycles. The molecular weight excluding hydrogens is 389 g/mol. The third-order valence-electron chi connectivity index (χ3n) is 3.62. The molecule has 2 aromatic carbocycles. The molecule has 0 saturated carbocycles. The molecule has 0 amide bonds. The Morgan fingerprint density at radius 2 is 1.86 bits per heavy atom. The van der Waals surface area contributed by atoms with Crippen LogP contribution in [0.3, 0.4) is 0 Å². The molecular formula is C18H22INO2. The number of benzene rings is 2. The maximum absolute atomic E-state index is 5.46. The van der Waals surface area contributed by atoms with E-state index in [4.69, 9.17) is 9.47 Å². The van der Waals surface area contributed by atoms with Crippen molar-refractivity contribution in [2.45, 2.75) is 26.4 Å². The lowest BCUT2D eigenvalue weighted by atomic mass is 10.1. The Hall–Kier alpha value is -1.27. The molecule has 0 spiro atoms. The van der Waals surface area contributed by atoms with Crippen molar-refractivity contribution in [3.63, 3.8) is 0 Å². The van der Waals surface area contributed by atoms with Crippen LogP contribution < -0.4 is 14.8 Å². The molecule has 0 aromatic heterocycles. The number of rotatable bonds is 6. The van der Waals surface area contributed by atoms with Crippen LogP contribution in [0, 0.1) is 10.5 Å². The lowest BCUT2D eigenvalue weighted by Gasteiger charge is -2.18. The van der Waals surface area contributed by atoms with Gasteiger partial charge in [0, 0.05) is 21.7 Å². The topological polar surface area (TPSA) is 30.5 Å². The molecule has 0 aliphatic heterocycles. The minimum atomic E-state index is 0.170. The molecule has 1 atom stereocenters. The van der Waals surface area contributed by atoms with E-state index in [0.29, 0.717) is 0 Å². The number of hydrogen-bond acceptors (Lipinski definition) is 3. The predicted octanol–water partition coefficient (Wildman–Crippen LogP) is 4.47. The second-order valence-electron chi connectivity index (χ2n) is 5.35. The van der Waals surface area contributed by atoms with E-state index >= 15 is 0 Å². The summed E-state index contributed by atoms with van der Waals surface area (Å²) in [7, 11) is 3.37. The number of methoxy groups -OCH3 is 2. The lowest BCUT2D eigenvalue weighted by molar-refractivity contribution is 0.391. The molecule has 22 heavy (non-hydrogen) atoms. The molecule has 0 bridgehead atoms. The van der Waals surface area contributed by atoms with Crippen molar-refractivity contribution >= 4 is 22.6 Å². The van der Waals surface area contributed by atoms with Gasteiger partial charge in [0.25, 0.3) is 0 Å². The maximum atomic E-state index is 5.46. The minimum absolute atomic E-state index is 0.170. The summed E-state index contributed by atoms with van der Waals surface area (Å²) in [6, 6.07) is 12.7. The van der Waals surface area contributed by atoms with Gasteiger partial charge in [0.05, 0.1) is 14.2 Å². The average molecular weight is 411 g/mol. The van der Waals surface area contributed by atoms with Crippen molar-refractivity contribution in [1.82, 2.24) is 5.32 Å². The predicted molar refractivity (Wildman–Crippen MR) is 98.7 cm³/mol. The normalized spacial score (nSPS) is 12.0. The third-order valence-corrected chi connectivity index (χ3v) is 4.24. The Morgan fingerprint density at radius 1 is 1.09 bits per heavy atom. The summed E-state index contributed by atoms with van der Waals surface area (Å²) in [5, 5.41) is 3.56.